The van der Waals surface area contributed by atoms with Gasteiger partial charge in [-0.1, -0.05) is 48.5 Å². The third-order valence-electron chi connectivity index (χ3n) is 4.52. The number of hydrogen-bond donors (Lipinski definition) is 0. The predicted molar refractivity (Wildman–Crippen MR) is 114 cm³/mol. The maximum atomic E-state index is 12.7. The first-order valence-electron chi connectivity index (χ1n) is 9.55. The number of hydrogen-bond acceptors (Lipinski definition) is 5. The smallest absolute Gasteiger partial charge is 0.314 e. The average molecular weight is 419 g/mol. The van der Waals surface area contributed by atoms with Crippen molar-refractivity contribution < 1.29 is 17.9 Å². The van der Waals surface area contributed by atoms with Gasteiger partial charge in [0.1, 0.15) is 5.75 Å². The maximum Gasteiger partial charge on any atom is 0.314 e. The molecule has 5 nitrogen and oxygen atoms in total. The molecular weight excluding hydrogens is 400 g/mol. The molecule has 0 bridgehead atoms. The molecule has 0 unspecified atom stereocenters. The zero-order valence-electron chi connectivity index (χ0n) is 16.5. The van der Waals surface area contributed by atoms with Gasteiger partial charge in [0, 0.05) is 11.3 Å². The Morgan fingerprint density at radius 3 is 2.16 bits per heavy atom. The number of alkyl halides is 2. The van der Waals surface area contributed by atoms with Gasteiger partial charge in [-0.05, 0) is 48.5 Å². The Kier molecular flexibility index (Phi) is 6.03. The van der Waals surface area contributed by atoms with Crippen LogP contribution in [0.1, 0.15) is 17.9 Å². The minimum absolute atomic E-state index is 0.0542. The van der Waals surface area contributed by atoms with Crippen LogP contribution >= 0.6 is 0 Å². The summed E-state index contributed by atoms with van der Waals surface area (Å²) < 4.78 is 36.3. The van der Waals surface area contributed by atoms with Crippen LogP contribution in [0.25, 0.3) is 11.5 Å². The van der Waals surface area contributed by atoms with E-state index >= 15 is 0 Å². The molecule has 0 atom stereocenters. The molecule has 31 heavy (non-hydrogen) atoms. The molecular formula is C24H19F2N3O2. The number of halogens is 2. The zero-order chi connectivity index (χ0) is 21.6. The van der Waals surface area contributed by atoms with E-state index in [1.807, 2.05) is 77.7 Å². The molecule has 0 aliphatic rings. The molecule has 0 N–H and O–H groups in total. The van der Waals surface area contributed by atoms with Crippen molar-refractivity contribution in [3.05, 3.63) is 109 Å². The van der Waals surface area contributed by atoms with E-state index in [2.05, 4.69) is 16.8 Å². The lowest BCUT2D eigenvalue weighted by Gasteiger charge is -2.26. The molecule has 7 heteroatoms. The van der Waals surface area contributed by atoms with Gasteiger partial charge >= 0.3 is 6.43 Å². The largest absolute Gasteiger partial charge is 0.441 e. The SMILES string of the molecule is C=C(Oc1ccccc1)N(Cc1ccc(-c2nnc(C(F)F)o2)cc1)c1ccccc1. The molecule has 0 saturated heterocycles. The molecule has 0 amide bonds. The fourth-order valence-corrected chi connectivity index (χ4v) is 2.99. The van der Waals surface area contributed by atoms with E-state index in [9.17, 15) is 8.78 Å². The molecule has 3 aromatic carbocycles. The highest BCUT2D eigenvalue weighted by Gasteiger charge is 2.17. The van der Waals surface area contributed by atoms with Crippen LogP contribution in [-0.2, 0) is 6.54 Å². The van der Waals surface area contributed by atoms with Gasteiger partial charge in [0.05, 0.1) is 6.54 Å². The zero-order valence-corrected chi connectivity index (χ0v) is 16.5. The highest BCUT2D eigenvalue weighted by Crippen LogP contribution is 2.26. The fraction of sp³-hybridized carbons (Fsp3) is 0.0833. The lowest BCUT2D eigenvalue weighted by Crippen LogP contribution is -2.24. The summed E-state index contributed by atoms with van der Waals surface area (Å²) in [6.07, 6.45) is -2.80. The molecule has 0 radical (unpaired) electrons. The second kappa shape index (κ2) is 9.21. The molecule has 156 valence electrons. The third kappa shape index (κ3) is 4.95. The highest BCUT2D eigenvalue weighted by molar-refractivity contribution is 5.55. The number of anilines is 1. The number of benzene rings is 3. The predicted octanol–water partition coefficient (Wildman–Crippen LogP) is 6.23. The van der Waals surface area contributed by atoms with Crippen molar-refractivity contribution in [2.45, 2.75) is 13.0 Å². The van der Waals surface area contributed by atoms with Gasteiger partial charge in [-0.3, -0.25) is 0 Å². The van der Waals surface area contributed by atoms with Crippen molar-refractivity contribution in [2.75, 3.05) is 4.90 Å². The minimum atomic E-state index is -2.80. The number of para-hydroxylation sites is 2. The van der Waals surface area contributed by atoms with Crippen LogP contribution in [-0.4, -0.2) is 10.2 Å². The lowest BCUT2D eigenvalue weighted by atomic mass is 10.1. The maximum absolute atomic E-state index is 12.7. The van der Waals surface area contributed by atoms with Crippen LogP contribution in [0.4, 0.5) is 14.5 Å². The molecule has 0 aliphatic heterocycles. The minimum Gasteiger partial charge on any atom is -0.441 e. The molecule has 1 heterocycles. The van der Waals surface area contributed by atoms with Crippen molar-refractivity contribution in [3.63, 3.8) is 0 Å². The molecule has 4 rings (SSSR count). The molecule has 0 saturated carbocycles. The summed E-state index contributed by atoms with van der Waals surface area (Å²) in [6, 6.07) is 26.4. The third-order valence-corrected chi connectivity index (χ3v) is 4.52. The van der Waals surface area contributed by atoms with E-state index in [1.165, 1.54) is 0 Å². The number of ether oxygens (including phenoxy) is 1. The molecule has 0 spiro atoms. The Morgan fingerprint density at radius 2 is 1.55 bits per heavy atom. The summed E-state index contributed by atoms with van der Waals surface area (Å²) >= 11 is 0. The van der Waals surface area contributed by atoms with Crippen molar-refractivity contribution in [1.82, 2.24) is 10.2 Å². The average Bonchev–Trinajstić information content (AvgIpc) is 3.30. The fourth-order valence-electron chi connectivity index (χ4n) is 2.99. The van der Waals surface area contributed by atoms with Crippen LogP contribution in [0.3, 0.4) is 0 Å². The molecule has 0 aliphatic carbocycles. The van der Waals surface area contributed by atoms with Gasteiger partial charge in [0.25, 0.3) is 5.89 Å². The van der Waals surface area contributed by atoms with E-state index in [-0.39, 0.29) is 5.89 Å². The standard InChI is InChI=1S/C24H19F2N3O2/c1-17(30-21-10-6-3-7-11-21)29(20-8-4-2-5-9-20)16-18-12-14-19(15-13-18)23-27-28-24(31-23)22(25)26/h2-15,22H,1,16H2. The highest BCUT2D eigenvalue weighted by atomic mass is 19.3. The summed E-state index contributed by atoms with van der Waals surface area (Å²) in [6.45, 7) is 4.59. The first-order chi connectivity index (χ1) is 15.1. The van der Waals surface area contributed by atoms with E-state index in [0.717, 1.165) is 11.3 Å². The van der Waals surface area contributed by atoms with Crippen molar-refractivity contribution in [1.29, 1.82) is 0 Å². The van der Waals surface area contributed by atoms with Crippen LogP contribution < -0.4 is 9.64 Å². The number of aromatic nitrogens is 2. The number of rotatable bonds is 8. The Balaban J connectivity index is 1.54. The van der Waals surface area contributed by atoms with Crippen LogP contribution in [0, 0.1) is 0 Å². The molecule has 0 fully saturated rings. The summed E-state index contributed by atoms with van der Waals surface area (Å²) in [4.78, 5) is 1.95. The van der Waals surface area contributed by atoms with Gasteiger partial charge in [0.15, 0.2) is 5.88 Å². The second-order valence-corrected chi connectivity index (χ2v) is 6.67. The Labute approximate surface area is 178 Å². The molecule has 1 aromatic heterocycles. The van der Waals surface area contributed by atoms with Gasteiger partial charge in [0.2, 0.25) is 5.89 Å². The first kappa shape index (κ1) is 20.3. The van der Waals surface area contributed by atoms with Crippen LogP contribution in [0.15, 0.2) is 102 Å². The van der Waals surface area contributed by atoms with E-state index < -0.39 is 12.3 Å². The number of nitrogens with zero attached hydrogens (tertiary/aromatic N) is 3. The summed E-state index contributed by atoms with van der Waals surface area (Å²) in [7, 11) is 0. The monoisotopic (exact) mass is 419 g/mol. The summed E-state index contributed by atoms with van der Waals surface area (Å²) in [5.41, 5.74) is 2.44. The Hall–Kier alpha value is -4.00. The van der Waals surface area contributed by atoms with Gasteiger partial charge < -0.3 is 14.1 Å². The summed E-state index contributed by atoms with van der Waals surface area (Å²) in [5, 5.41) is 7.04. The van der Waals surface area contributed by atoms with E-state index in [0.29, 0.717) is 23.7 Å². The van der Waals surface area contributed by atoms with Crippen molar-refractivity contribution in [3.8, 4) is 17.2 Å². The van der Waals surface area contributed by atoms with Crippen molar-refractivity contribution >= 4 is 5.69 Å². The Bertz CT molecular complexity index is 1130. The van der Waals surface area contributed by atoms with Gasteiger partial charge in [-0.15, -0.1) is 10.2 Å². The second-order valence-electron chi connectivity index (χ2n) is 6.67. The van der Waals surface area contributed by atoms with Crippen LogP contribution in [0.2, 0.25) is 0 Å². The Morgan fingerprint density at radius 1 is 0.903 bits per heavy atom. The van der Waals surface area contributed by atoms with Gasteiger partial charge in [-0.2, -0.15) is 8.78 Å². The first-order valence-corrected chi connectivity index (χ1v) is 9.55. The quantitative estimate of drug-likeness (QED) is 0.317. The van der Waals surface area contributed by atoms with E-state index in [1.54, 1.807) is 12.1 Å². The lowest BCUT2D eigenvalue weighted by molar-refractivity contribution is 0.116. The van der Waals surface area contributed by atoms with Crippen LogP contribution in [0.5, 0.6) is 5.75 Å². The topological polar surface area (TPSA) is 51.4 Å². The summed E-state index contributed by atoms with van der Waals surface area (Å²) in [5.74, 6) is 0.525. The normalized spacial score (nSPS) is 10.8. The van der Waals surface area contributed by atoms with Crippen molar-refractivity contribution in [2.24, 2.45) is 0 Å². The molecule has 4 aromatic rings. The van der Waals surface area contributed by atoms with Gasteiger partial charge in [-0.25, -0.2) is 0 Å². The van der Waals surface area contributed by atoms with E-state index in [4.69, 9.17) is 9.15 Å².